The van der Waals surface area contributed by atoms with E-state index in [0.717, 1.165) is 6.42 Å². The molecule has 5 nitrogen and oxygen atoms in total. The molecule has 2 aromatic rings. The van der Waals surface area contributed by atoms with Crippen molar-refractivity contribution in [2.24, 2.45) is 12.8 Å². The van der Waals surface area contributed by atoms with Crippen LogP contribution in [0.1, 0.15) is 12.2 Å². The molecule has 0 bridgehead atoms. The molecule has 1 aromatic carbocycles. The molecule has 0 spiro atoms. The van der Waals surface area contributed by atoms with Crippen LogP contribution in [0.2, 0.25) is 0 Å². The summed E-state index contributed by atoms with van der Waals surface area (Å²) < 4.78 is 1.54. The summed E-state index contributed by atoms with van der Waals surface area (Å²) in [6.07, 6.45) is 1.44. The van der Waals surface area contributed by atoms with E-state index in [2.05, 4.69) is 4.98 Å². The van der Waals surface area contributed by atoms with Crippen molar-refractivity contribution in [3.8, 4) is 5.75 Å². The second-order valence-electron chi connectivity index (χ2n) is 3.99. The maximum Gasteiger partial charge on any atom is 0.261 e. The lowest BCUT2D eigenvalue weighted by atomic mass is 10.2. The number of aromatic nitrogens is 2. The number of phenolic OH excluding ortho intramolecular Hbond substituents is 1. The summed E-state index contributed by atoms with van der Waals surface area (Å²) in [5.41, 5.74) is 5.88. The van der Waals surface area contributed by atoms with Gasteiger partial charge in [-0.3, -0.25) is 9.36 Å². The first-order valence-electron chi connectivity index (χ1n) is 5.52. The Morgan fingerprint density at radius 2 is 2.24 bits per heavy atom. The average Bonchev–Trinajstić information content (AvgIpc) is 2.31. The van der Waals surface area contributed by atoms with Crippen molar-refractivity contribution < 1.29 is 5.11 Å². The highest BCUT2D eigenvalue weighted by Gasteiger charge is 2.08. The van der Waals surface area contributed by atoms with E-state index in [1.165, 1.54) is 16.7 Å². The first-order chi connectivity index (χ1) is 8.13. The Morgan fingerprint density at radius 1 is 1.47 bits per heavy atom. The number of hydrogen-bond donors (Lipinski definition) is 2. The number of hydrogen-bond acceptors (Lipinski definition) is 4. The standard InChI is InChI=1S/C12H15N3O2/c1-15-11(3-2-6-13)14-10-7-8(16)4-5-9(10)12(15)17/h4-5,7,16H,2-3,6,13H2,1H3. The van der Waals surface area contributed by atoms with Gasteiger partial charge in [0.1, 0.15) is 11.6 Å². The summed E-state index contributed by atoms with van der Waals surface area (Å²) in [4.78, 5) is 16.4. The smallest absolute Gasteiger partial charge is 0.261 e. The van der Waals surface area contributed by atoms with E-state index < -0.39 is 0 Å². The average molecular weight is 233 g/mol. The van der Waals surface area contributed by atoms with E-state index in [-0.39, 0.29) is 11.3 Å². The Morgan fingerprint density at radius 3 is 2.94 bits per heavy atom. The van der Waals surface area contributed by atoms with Crippen molar-refractivity contribution in [3.05, 3.63) is 34.4 Å². The zero-order chi connectivity index (χ0) is 12.4. The molecule has 0 aliphatic rings. The van der Waals surface area contributed by atoms with Crippen LogP contribution in [0.15, 0.2) is 23.0 Å². The lowest BCUT2D eigenvalue weighted by Gasteiger charge is -2.08. The predicted molar refractivity (Wildman–Crippen MR) is 66.0 cm³/mol. The highest BCUT2D eigenvalue weighted by Crippen LogP contribution is 2.15. The van der Waals surface area contributed by atoms with Gasteiger partial charge in [0.25, 0.3) is 5.56 Å². The van der Waals surface area contributed by atoms with Gasteiger partial charge >= 0.3 is 0 Å². The van der Waals surface area contributed by atoms with Gasteiger partial charge in [0.15, 0.2) is 0 Å². The topological polar surface area (TPSA) is 81.1 Å². The van der Waals surface area contributed by atoms with Crippen molar-refractivity contribution in [1.82, 2.24) is 9.55 Å². The minimum atomic E-state index is -0.0954. The number of rotatable bonds is 3. The molecule has 0 aliphatic heterocycles. The summed E-state index contributed by atoms with van der Waals surface area (Å²) in [5.74, 6) is 0.807. The fraction of sp³-hybridized carbons (Fsp3) is 0.333. The molecule has 0 amide bonds. The number of phenols is 1. The van der Waals surface area contributed by atoms with Gasteiger partial charge in [-0.05, 0) is 25.1 Å². The zero-order valence-electron chi connectivity index (χ0n) is 9.68. The van der Waals surface area contributed by atoms with Gasteiger partial charge in [-0.25, -0.2) is 4.98 Å². The highest BCUT2D eigenvalue weighted by atomic mass is 16.3. The van der Waals surface area contributed by atoms with Crippen LogP contribution in [0.3, 0.4) is 0 Å². The Kier molecular flexibility index (Phi) is 3.10. The molecule has 0 saturated carbocycles. The molecule has 0 saturated heterocycles. The van der Waals surface area contributed by atoms with Crippen molar-refractivity contribution in [1.29, 1.82) is 0 Å². The quantitative estimate of drug-likeness (QED) is 0.810. The lowest BCUT2D eigenvalue weighted by molar-refractivity contribution is 0.476. The maximum absolute atomic E-state index is 12.0. The van der Waals surface area contributed by atoms with Crippen molar-refractivity contribution in [2.45, 2.75) is 12.8 Å². The summed E-state index contributed by atoms with van der Waals surface area (Å²) >= 11 is 0. The van der Waals surface area contributed by atoms with Gasteiger partial charge in [-0.1, -0.05) is 0 Å². The third kappa shape index (κ3) is 2.14. The minimum absolute atomic E-state index is 0.0954. The van der Waals surface area contributed by atoms with E-state index in [1.807, 2.05) is 0 Å². The number of nitrogens with zero attached hydrogens (tertiary/aromatic N) is 2. The highest BCUT2D eigenvalue weighted by molar-refractivity contribution is 5.79. The number of nitrogens with two attached hydrogens (primary N) is 1. The predicted octanol–water partition coefficient (Wildman–Crippen LogP) is 0.530. The molecule has 5 heteroatoms. The van der Waals surface area contributed by atoms with Crippen LogP contribution in [-0.4, -0.2) is 21.2 Å². The summed E-state index contributed by atoms with van der Waals surface area (Å²) in [6.45, 7) is 0.563. The summed E-state index contributed by atoms with van der Waals surface area (Å²) in [5, 5.41) is 9.90. The SMILES string of the molecule is Cn1c(CCCN)nc2cc(O)ccc2c1=O. The molecule has 0 radical (unpaired) electrons. The number of aryl methyl sites for hydroxylation is 1. The first-order valence-corrected chi connectivity index (χ1v) is 5.52. The van der Waals surface area contributed by atoms with E-state index in [4.69, 9.17) is 5.73 Å². The lowest BCUT2D eigenvalue weighted by Crippen LogP contribution is -2.22. The molecule has 3 N–H and O–H groups in total. The molecular formula is C12H15N3O2. The molecular weight excluding hydrogens is 218 g/mol. The Bertz CT molecular complexity index is 604. The molecule has 17 heavy (non-hydrogen) atoms. The Labute approximate surface area is 98.5 Å². The largest absolute Gasteiger partial charge is 0.508 e. The van der Waals surface area contributed by atoms with Gasteiger partial charge in [0.05, 0.1) is 10.9 Å². The van der Waals surface area contributed by atoms with Crippen molar-refractivity contribution >= 4 is 10.9 Å². The molecule has 1 heterocycles. The normalized spacial score (nSPS) is 10.9. The van der Waals surface area contributed by atoms with Crippen LogP contribution in [0.5, 0.6) is 5.75 Å². The van der Waals surface area contributed by atoms with Gasteiger partial charge < -0.3 is 10.8 Å². The zero-order valence-corrected chi connectivity index (χ0v) is 9.68. The molecule has 0 unspecified atom stereocenters. The summed E-state index contributed by atoms with van der Waals surface area (Å²) in [6, 6.07) is 4.58. The second kappa shape index (κ2) is 4.55. The second-order valence-corrected chi connectivity index (χ2v) is 3.99. The minimum Gasteiger partial charge on any atom is -0.508 e. The Hall–Kier alpha value is -1.88. The van der Waals surface area contributed by atoms with Gasteiger partial charge in [0.2, 0.25) is 0 Å². The summed E-state index contributed by atoms with van der Waals surface area (Å²) in [7, 11) is 1.70. The third-order valence-electron chi connectivity index (χ3n) is 2.76. The fourth-order valence-corrected chi connectivity index (χ4v) is 1.79. The van der Waals surface area contributed by atoms with Crippen LogP contribution >= 0.6 is 0 Å². The van der Waals surface area contributed by atoms with E-state index in [1.54, 1.807) is 13.1 Å². The monoisotopic (exact) mass is 233 g/mol. The number of aromatic hydroxyl groups is 1. The first kappa shape index (κ1) is 11.6. The molecule has 0 fully saturated rings. The fourth-order valence-electron chi connectivity index (χ4n) is 1.79. The maximum atomic E-state index is 12.0. The third-order valence-corrected chi connectivity index (χ3v) is 2.76. The molecule has 2 rings (SSSR count). The molecule has 0 aliphatic carbocycles. The van der Waals surface area contributed by atoms with Crippen molar-refractivity contribution in [3.63, 3.8) is 0 Å². The van der Waals surface area contributed by atoms with Crippen LogP contribution in [0, 0.1) is 0 Å². The van der Waals surface area contributed by atoms with Crippen LogP contribution in [-0.2, 0) is 13.5 Å². The van der Waals surface area contributed by atoms with Crippen LogP contribution in [0.4, 0.5) is 0 Å². The van der Waals surface area contributed by atoms with Gasteiger partial charge in [-0.15, -0.1) is 0 Å². The Balaban J connectivity index is 2.63. The molecule has 90 valence electrons. The van der Waals surface area contributed by atoms with Gasteiger partial charge in [0, 0.05) is 19.5 Å². The number of benzene rings is 1. The van der Waals surface area contributed by atoms with E-state index >= 15 is 0 Å². The van der Waals surface area contributed by atoms with E-state index in [9.17, 15) is 9.90 Å². The van der Waals surface area contributed by atoms with Crippen LogP contribution < -0.4 is 11.3 Å². The molecule has 1 aromatic heterocycles. The van der Waals surface area contributed by atoms with Gasteiger partial charge in [-0.2, -0.15) is 0 Å². The van der Waals surface area contributed by atoms with Crippen LogP contribution in [0.25, 0.3) is 10.9 Å². The van der Waals surface area contributed by atoms with E-state index in [0.29, 0.717) is 29.7 Å². The van der Waals surface area contributed by atoms with Crippen molar-refractivity contribution in [2.75, 3.05) is 6.54 Å². The number of fused-ring (bicyclic) bond motifs is 1. The molecule has 0 atom stereocenters.